The third-order valence-electron chi connectivity index (χ3n) is 2.20. The summed E-state index contributed by atoms with van der Waals surface area (Å²) in [6.45, 7) is 5.58. The second kappa shape index (κ2) is 4.92. The summed E-state index contributed by atoms with van der Waals surface area (Å²) < 4.78 is 5.33. The zero-order valence-electron chi connectivity index (χ0n) is 9.82. The van der Waals surface area contributed by atoms with Gasteiger partial charge in [-0.3, -0.25) is 9.59 Å². The Bertz CT molecular complexity index is 388. The Balaban J connectivity index is 2.61. The van der Waals surface area contributed by atoms with Gasteiger partial charge in [-0.05, 0) is 12.1 Å². The summed E-state index contributed by atoms with van der Waals surface area (Å²) in [7, 11) is 0. The van der Waals surface area contributed by atoms with Gasteiger partial charge < -0.3 is 4.74 Å². The monoisotopic (exact) mass is 220 g/mol. The molecule has 16 heavy (non-hydrogen) atoms. The molecule has 0 aliphatic rings. The van der Waals surface area contributed by atoms with Crippen LogP contribution in [-0.4, -0.2) is 18.7 Å². The maximum Gasteiger partial charge on any atom is 0.175 e. The van der Waals surface area contributed by atoms with Crippen molar-refractivity contribution in [3.05, 3.63) is 29.8 Å². The predicted octanol–water partition coefficient (Wildman–Crippen LogP) is 2.49. The number of benzene rings is 1. The van der Waals surface area contributed by atoms with Gasteiger partial charge in [0.05, 0.1) is 0 Å². The van der Waals surface area contributed by atoms with Gasteiger partial charge in [-0.25, -0.2) is 0 Å². The highest BCUT2D eigenvalue weighted by molar-refractivity contribution is 5.85. The van der Waals surface area contributed by atoms with E-state index in [9.17, 15) is 9.59 Å². The van der Waals surface area contributed by atoms with E-state index in [1.165, 1.54) is 0 Å². The molecule has 0 saturated carbocycles. The van der Waals surface area contributed by atoms with Crippen molar-refractivity contribution in [1.82, 2.24) is 0 Å². The largest absolute Gasteiger partial charge is 0.486 e. The average Bonchev–Trinajstić information content (AvgIpc) is 2.25. The molecule has 0 aliphatic heterocycles. The molecule has 0 saturated heterocycles. The van der Waals surface area contributed by atoms with E-state index in [2.05, 4.69) is 0 Å². The van der Waals surface area contributed by atoms with E-state index in [4.69, 9.17) is 4.74 Å². The number of carbonyl (C=O) groups is 2. The van der Waals surface area contributed by atoms with Gasteiger partial charge in [0.1, 0.15) is 18.6 Å². The summed E-state index contributed by atoms with van der Waals surface area (Å²) in [5, 5.41) is 0. The van der Waals surface area contributed by atoms with E-state index in [1.807, 2.05) is 20.8 Å². The minimum Gasteiger partial charge on any atom is -0.486 e. The van der Waals surface area contributed by atoms with Crippen LogP contribution in [0.3, 0.4) is 0 Å². The fourth-order valence-electron chi connectivity index (χ4n) is 1.04. The second-order valence-corrected chi connectivity index (χ2v) is 4.65. The van der Waals surface area contributed by atoms with Gasteiger partial charge in [0.2, 0.25) is 0 Å². The lowest BCUT2D eigenvalue weighted by molar-refractivity contribution is -0.128. The quantitative estimate of drug-likeness (QED) is 0.732. The van der Waals surface area contributed by atoms with Gasteiger partial charge in [-0.2, -0.15) is 0 Å². The van der Waals surface area contributed by atoms with E-state index in [0.717, 1.165) is 6.29 Å². The van der Waals surface area contributed by atoms with Crippen molar-refractivity contribution in [1.29, 1.82) is 0 Å². The molecule has 0 N–H and O–H groups in total. The molecule has 0 atom stereocenters. The SMILES string of the molecule is CC(C)(C)C(=O)COc1cccc(C=O)c1. The van der Waals surface area contributed by atoms with Crippen molar-refractivity contribution in [2.45, 2.75) is 20.8 Å². The van der Waals surface area contributed by atoms with Crippen molar-refractivity contribution in [3.63, 3.8) is 0 Å². The summed E-state index contributed by atoms with van der Waals surface area (Å²) in [6.07, 6.45) is 0.748. The Morgan fingerprint density at radius 3 is 2.62 bits per heavy atom. The van der Waals surface area contributed by atoms with Crippen LogP contribution in [0.1, 0.15) is 31.1 Å². The topological polar surface area (TPSA) is 43.4 Å². The zero-order valence-corrected chi connectivity index (χ0v) is 9.82. The number of carbonyl (C=O) groups excluding carboxylic acids is 2. The van der Waals surface area contributed by atoms with Gasteiger partial charge in [0.15, 0.2) is 5.78 Å². The molecule has 1 rings (SSSR count). The molecule has 1 aromatic carbocycles. The van der Waals surface area contributed by atoms with E-state index in [0.29, 0.717) is 11.3 Å². The second-order valence-electron chi connectivity index (χ2n) is 4.65. The summed E-state index contributed by atoms with van der Waals surface area (Å²) in [5.41, 5.74) is 0.142. The van der Waals surface area contributed by atoms with Crippen molar-refractivity contribution in [2.75, 3.05) is 6.61 Å². The third-order valence-corrected chi connectivity index (χ3v) is 2.20. The molecule has 0 aliphatic carbocycles. The minimum atomic E-state index is -0.401. The summed E-state index contributed by atoms with van der Waals surface area (Å²) in [4.78, 5) is 22.1. The number of hydrogen-bond donors (Lipinski definition) is 0. The Hall–Kier alpha value is -1.64. The Morgan fingerprint density at radius 1 is 1.38 bits per heavy atom. The highest BCUT2D eigenvalue weighted by Gasteiger charge is 2.21. The van der Waals surface area contributed by atoms with Crippen LogP contribution in [0.15, 0.2) is 24.3 Å². The number of ketones is 1. The molecular weight excluding hydrogens is 204 g/mol. The molecule has 0 unspecified atom stereocenters. The van der Waals surface area contributed by atoms with Crippen molar-refractivity contribution < 1.29 is 14.3 Å². The molecule has 0 spiro atoms. The highest BCUT2D eigenvalue weighted by Crippen LogP contribution is 2.17. The first-order valence-electron chi connectivity index (χ1n) is 5.15. The molecule has 0 amide bonds. The molecule has 0 bridgehead atoms. The third kappa shape index (κ3) is 3.50. The smallest absolute Gasteiger partial charge is 0.175 e. The highest BCUT2D eigenvalue weighted by atomic mass is 16.5. The van der Waals surface area contributed by atoms with Gasteiger partial charge in [0, 0.05) is 11.0 Å². The number of hydrogen-bond acceptors (Lipinski definition) is 3. The van der Waals surface area contributed by atoms with Crippen molar-refractivity contribution in [3.8, 4) is 5.75 Å². The number of rotatable bonds is 4. The zero-order chi connectivity index (χ0) is 12.2. The van der Waals surface area contributed by atoms with Gasteiger partial charge >= 0.3 is 0 Å². The lowest BCUT2D eigenvalue weighted by atomic mass is 9.91. The molecule has 0 aromatic heterocycles. The summed E-state index contributed by atoms with van der Waals surface area (Å²) >= 11 is 0. The Kier molecular flexibility index (Phi) is 3.82. The van der Waals surface area contributed by atoms with Crippen LogP contribution in [0.5, 0.6) is 5.75 Å². The minimum absolute atomic E-state index is 0.0315. The first-order valence-corrected chi connectivity index (χ1v) is 5.15. The summed E-state index contributed by atoms with van der Waals surface area (Å²) in [5.74, 6) is 0.575. The van der Waals surface area contributed by atoms with Crippen LogP contribution in [0.2, 0.25) is 0 Å². The average molecular weight is 220 g/mol. The molecule has 3 heteroatoms. The molecule has 0 heterocycles. The fourth-order valence-corrected chi connectivity index (χ4v) is 1.04. The Morgan fingerprint density at radius 2 is 2.06 bits per heavy atom. The van der Waals surface area contributed by atoms with Crippen LogP contribution < -0.4 is 4.74 Å². The number of aldehydes is 1. The van der Waals surface area contributed by atoms with Crippen LogP contribution in [0, 0.1) is 5.41 Å². The van der Waals surface area contributed by atoms with E-state index in [1.54, 1.807) is 24.3 Å². The van der Waals surface area contributed by atoms with Crippen LogP contribution in [0.25, 0.3) is 0 Å². The first-order chi connectivity index (χ1) is 7.43. The van der Waals surface area contributed by atoms with Gasteiger partial charge in [-0.15, -0.1) is 0 Å². The van der Waals surface area contributed by atoms with E-state index >= 15 is 0 Å². The van der Waals surface area contributed by atoms with Gasteiger partial charge in [-0.1, -0.05) is 32.9 Å². The van der Waals surface area contributed by atoms with Gasteiger partial charge in [0.25, 0.3) is 0 Å². The van der Waals surface area contributed by atoms with E-state index < -0.39 is 5.41 Å². The maximum absolute atomic E-state index is 11.6. The van der Waals surface area contributed by atoms with Crippen LogP contribution >= 0.6 is 0 Å². The first kappa shape index (κ1) is 12.4. The molecule has 0 fully saturated rings. The molecule has 3 nitrogen and oxygen atoms in total. The fraction of sp³-hybridized carbons (Fsp3) is 0.385. The lowest BCUT2D eigenvalue weighted by Gasteiger charge is -2.16. The molecule has 86 valence electrons. The molecular formula is C13H16O3. The summed E-state index contributed by atoms with van der Waals surface area (Å²) in [6, 6.07) is 6.75. The maximum atomic E-state index is 11.6. The number of ether oxygens (including phenoxy) is 1. The van der Waals surface area contributed by atoms with Crippen LogP contribution in [0.4, 0.5) is 0 Å². The Labute approximate surface area is 95.4 Å². The van der Waals surface area contributed by atoms with Crippen molar-refractivity contribution >= 4 is 12.1 Å². The molecule has 0 radical (unpaired) electrons. The molecule has 1 aromatic rings. The normalized spacial score (nSPS) is 10.9. The number of Topliss-reactive ketones (excluding diaryl/α,β-unsaturated/α-hetero) is 1. The predicted molar refractivity (Wildman–Crippen MR) is 61.8 cm³/mol. The standard InChI is InChI=1S/C13H16O3/c1-13(2,3)12(15)9-16-11-6-4-5-10(7-11)8-14/h4-8H,9H2,1-3H3. The van der Waals surface area contributed by atoms with Crippen molar-refractivity contribution in [2.24, 2.45) is 5.41 Å². The van der Waals surface area contributed by atoms with E-state index in [-0.39, 0.29) is 12.4 Å². The lowest BCUT2D eigenvalue weighted by Crippen LogP contribution is -2.26. The van der Waals surface area contributed by atoms with Crippen LogP contribution in [-0.2, 0) is 4.79 Å².